The Balaban J connectivity index is 1.44. The van der Waals surface area contributed by atoms with Crippen LogP contribution in [0, 0.1) is 19.7 Å². The van der Waals surface area contributed by atoms with Crippen LogP contribution < -0.4 is 0 Å². The van der Waals surface area contributed by atoms with Crippen LogP contribution in [0.15, 0.2) is 28.8 Å². The Hall–Kier alpha value is -3.03. The maximum Gasteiger partial charge on any atom is 0.257 e. The van der Waals surface area contributed by atoms with Crippen LogP contribution in [0.3, 0.4) is 0 Å². The summed E-state index contributed by atoms with van der Waals surface area (Å²) in [6, 6.07) is 5.98. The zero-order valence-corrected chi connectivity index (χ0v) is 18.5. The van der Waals surface area contributed by atoms with E-state index < -0.39 is 0 Å². The van der Waals surface area contributed by atoms with E-state index in [1.807, 2.05) is 30.5 Å². The van der Waals surface area contributed by atoms with E-state index in [1.54, 1.807) is 12.1 Å². The number of hydrogen-bond donors (Lipinski definition) is 0. The number of halogens is 1. The molecule has 1 unspecified atom stereocenters. The summed E-state index contributed by atoms with van der Waals surface area (Å²) in [7, 11) is 1.93. The van der Waals surface area contributed by atoms with Gasteiger partial charge in [0.15, 0.2) is 5.82 Å². The third-order valence-electron chi connectivity index (χ3n) is 6.35. The Morgan fingerprint density at radius 3 is 2.68 bits per heavy atom. The molecular formula is C23H28FN5O2. The van der Waals surface area contributed by atoms with E-state index in [0.29, 0.717) is 36.7 Å². The van der Waals surface area contributed by atoms with Gasteiger partial charge in [-0.1, -0.05) is 12.1 Å². The molecule has 1 aromatic carbocycles. The average Bonchev–Trinajstić information content (AvgIpc) is 3.33. The van der Waals surface area contributed by atoms with E-state index in [2.05, 4.69) is 22.2 Å². The molecule has 1 fully saturated rings. The van der Waals surface area contributed by atoms with Gasteiger partial charge in [-0.15, -0.1) is 0 Å². The summed E-state index contributed by atoms with van der Waals surface area (Å²) in [6.07, 6.45) is 2.90. The van der Waals surface area contributed by atoms with Gasteiger partial charge in [0.2, 0.25) is 5.91 Å². The summed E-state index contributed by atoms with van der Waals surface area (Å²) < 4.78 is 20.5. The monoisotopic (exact) mass is 425 g/mol. The van der Waals surface area contributed by atoms with Gasteiger partial charge in [-0.3, -0.25) is 9.48 Å². The number of likely N-dealkylation sites (tertiary alicyclic amines) is 1. The van der Waals surface area contributed by atoms with Gasteiger partial charge in [-0.2, -0.15) is 10.1 Å². The van der Waals surface area contributed by atoms with Gasteiger partial charge in [0.25, 0.3) is 5.89 Å². The van der Waals surface area contributed by atoms with Crippen LogP contribution in [-0.2, 0) is 23.7 Å². The summed E-state index contributed by atoms with van der Waals surface area (Å²) in [5, 5.41) is 8.63. The van der Waals surface area contributed by atoms with Crippen LogP contribution in [0.1, 0.15) is 49.0 Å². The Kier molecular flexibility index (Phi) is 5.64. The quantitative estimate of drug-likeness (QED) is 0.622. The van der Waals surface area contributed by atoms with Crippen molar-refractivity contribution in [3.8, 4) is 11.5 Å². The molecule has 1 amide bonds. The molecule has 0 aliphatic carbocycles. The molecule has 0 N–H and O–H groups in total. The topological polar surface area (TPSA) is 77.0 Å². The molecule has 0 radical (unpaired) electrons. The Morgan fingerprint density at radius 2 is 2.00 bits per heavy atom. The third-order valence-corrected chi connectivity index (χ3v) is 6.35. The lowest BCUT2D eigenvalue weighted by atomic mass is 9.81. The normalized spacial score (nSPS) is 19.1. The van der Waals surface area contributed by atoms with Crippen molar-refractivity contribution in [3.63, 3.8) is 0 Å². The first kappa shape index (κ1) is 21.2. The average molecular weight is 426 g/mol. The number of nitrogens with zero attached hydrogens (tertiary/aromatic N) is 5. The maximum absolute atomic E-state index is 13.2. The Bertz CT molecular complexity index is 1090. The van der Waals surface area contributed by atoms with Crippen LogP contribution in [0.25, 0.3) is 11.5 Å². The molecule has 0 spiro atoms. The Morgan fingerprint density at radius 1 is 1.26 bits per heavy atom. The van der Waals surface area contributed by atoms with Crippen molar-refractivity contribution in [2.24, 2.45) is 7.05 Å². The first-order valence-electron chi connectivity index (χ1n) is 10.6. The van der Waals surface area contributed by atoms with Crippen molar-refractivity contribution in [2.75, 3.05) is 13.1 Å². The first-order chi connectivity index (χ1) is 14.8. The molecule has 31 heavy (non-hydrogen) atoms. The highest BCUT2D eigenvalue weighted by atomic mass is 19.1. The number of amides is 1. The lowest BCUT2D eigenvalue weighted by Gasteiger charge is -2.38. The highest BCUT2D eigenvalue weighted by molar-refractivity contribution is 5.76. The van der Waals surface area contributed by atoms with Crippen LogP contribution in [0.5, 0.6) is 0 Å². The molecule has 1 aliphatic heterocycles. The number of piperidine rings is 1. The number of carbonyl (C=O) groups is 1. The van der Waals surface area contributed by atoms with Crippen LogP contribution in [0.4, 0.5) is 4.39 Å². The van der Waals surface area contributed by atoms with E-state index >= 15 is 0 Å². The zero-order chi connectivity index (χ0) is 22.2. The molecule has 4 rings (SSSR count). The molecule has 8 heteroatoms. The summed E-state index contributed by atoms with van der Waals surface area (Å²) in [4.78, 5) is 19.5. The fraction of sp³-hybridized carbons (Fsp3) is 0.478. The van der Waals surface area contributed by atoms with Crippen molar-refractivity contribution in [1.29, 1.82) is 0 Å². The van der Waals surface area contributed by atoms with Crippen LogP contribution >= 0.6 is 0 Å². The SMILES string of the molecule is Cc1nn(C)c(C)c1CCC(=O)N1CCCC(C)(c2noc(-c3ccc(F)cc3)n2)C1. The van der Waals surface area contributed by atoms with Gasteiger partial charge in [0, 0.05) is 43.2 Å². The van der Waals surface area contributed by atoms with Crippen molar-refractivity contribution in [2.45, 2.75) is 51.9 Å². The summed E-state index contributed by atoms with van der Waals surface area (Å²) in [6.45, 7) is 7.38. The van der Waals surface area contributed by atoms with Gasteiger partial charge < -0.3 is 9.42 Å². The molecule has 1 aliphatic rings. The minimum absolute atomic E-state index is 0.135. The van der Waals surface area contributed by atoms with Gasteiger partial charge in [-0.25, -0.2) is 4.39 Å². The number of benzene rings is 1. The Labute approximate surface area is 181 Å². The fourth-order valence-electron chi connectivity index (χ4n) is 4.38. The number of aryl methyl sites for hydroxylation is 2. The van der Waals surface area contributed by atoms with Crippen molar-refractivity contribution < 1.29 is 13.7 Å². The molecule has 3 aromatic rings. The second kappa shape index (κ2) is 8.24. The number of hydrogen-bond acceptors (Lipinski definition) is 5. The van der Waals surface area contributed by atoms with Gasteiger partial charge >= 0.3 is 0 Å². The van der Waals surface area contributed by atoms with E-state index in [0.717, 1.165) is 36.3 Å². The van der Waals surface area contributed by atoms with E-state index in [9.17, 15) is 9.18 Å². The third kappa shape index (κ3) is 4.24. The predicted molar refractivity (Wildman–Crippen MR) is 114 cm³/mol. The molecule has 7 nitrogen and oxygen atoms in total. The van der Waals surface area contributed by atoms with E-state index in [4.69, 9.17) is 4.52 Å². The zero-order valence-electron chi connectivity index (χ0n) is 18.5. The smallest absolute Gasteiger partial charge is 0.257 e. The largest absolute Gasteiger partial charge is 0.342 e. The van der Waals surface area contributed by atoms with Crippen LogP contribution in [0.2, 0.25) is 0 Å². The molecule has 3 heterocycles. The van der Waals surface area contributed by atoms with Crippen LogP contribution in [-0.4, -0.2) is 43.8 Å². The van der Waals surface area contributed by atoms with Gasteiger partial charge in [0.1, 0.15) is 5.82 Å². The molecule has 164 valence electrons. The molecule has 0 bridgehead atoms. The lowest BCUT2D eigenvalue weighted by molar-refractivity contribution is -0.133. The minimum atomic E-state index is -0.379. The number of aromatic nitrogens is 4. The number of rotatable bonds is 5. The molecule has 0 saturated carbocycles. The van der Waals surface area contributed by atoms with E-state index in [-0.39, 0.29) is 17.1 Å². The molecule has 1 saturated heterocycles. The second-order valence-corrected chi connectivity index (χ2v) is 8.68. The summed E-state index contributed by atoms with van der Waals surface area (Å²) in [5.74, 6) is 0.773. The summed E-state index contributed by atoms with van der Waals surface area (Å²) >= 11 is 0. The number of carbonyl (C=O) groups excluding carboxylic acids is 1. The van der Waals surface area contributed by atoms with Gasteiger partial charge in [0.05, 0.1) is 5.69 Å². The predicted octanol–water partition coefficient (Wildman–Crippen LogP) is 3.74. The maximum atomic E-state index is 13.2. The highest BCUT2D eigenvalue weighted by Crippen LogP contribution is 2.33. The summed E-state index contributed by atoms with van der Waals surface area (Å²) in [5.41, 5.74) is 3.54. The molecular weight excluding hydrogens is 397 g/mol. The van der Waals surface area contributed by atoms with Crippen molar-refractivity contribution in [3.05, 3.63) is 52.9 Å². The van der Waals surface area contributed by atoms with E-state index in [1.165, 1.54) is 12.1 Å². The first-order valence-corrected chi connectivity index (χ1v) is 10.6. The standard InChI is InChI=1S/C23H28FN5O2/c1-15-19(16(2)28(4)26-15)10-11-20(30)29-13-5-12-23(3,14-29)22-25-21(31-27-22)17-6-8-18(24)9-7-17/h6-9H,5,10-14H2,1-4H3. The fourth-order valence-corrected chi connectivity index (χ4v) is 4.38. The van der Waals surface area contributed by atoms with Crippen molar-refractivity contribution >= 4 is 5.91 Å². The highest BCUT2D eigenvalue weighted by Gasteiger charge is 2.38. The molecule has 2 aromatic heterocycles. The lowest BCUT2D eigenvalue weighted by Crippen LogP contribution is -2.47. The minimum Gasteiger partial charge on any atom is -0.342 e. The van der Waals surface area contributed by atoms with Crippen molar-refractivity contribution in [1.82, 2.24) is 24.8 Å². The second-order valence-electron chi connectivity index (χ2n) is 8.68. The molecule has 1 atom stereocenters. The van der Waals surface area contributed by atoms with Gasteiger partial charge in [-0.05, 0) is 62.9 Å².